The quantitative estimate of drug-likeness (QED) is 0.785. The number of halogens is 1. The van der Waals surface area contributed by atoms with Gasteiger partial charge in [-0.2, -0.15) is 0 Å². The van der Waals surface area contributed by atoms with Crippen LogP contribution in [-0.4, -0.2) is 6.54 Å². The van der Waals surface area contributed by atoms with Crippen LogP contribution in [0.5, 0.6) is 0 Å². The van der Waals surface area contributed by atoms with Crippen LogP contribution in [0.2, 0.25) is 0 Å². The van der Waals surface area contributed by atoms with Crippen molar-refractivity contribution < 1.29 is 4.39 Å². The maximum Gasteiger partial charge on any atom is 0.128 e. The zero-order valence-corrected chi connectivity index (χ0v) is 8.83. The molecule has 0 fully saturated rings. The first-order chi connectivity index (χ1) is 6.66. The van der Waals surface area contributed by atoms with E-state index < -0.39 is 6.17 Å². The molecule has 2 heteroatoms. The molecule has 0 aliphatic carbocycles. The van der Waals surface area contributed by atoms with Gasteiger partial charge < -0.3 is 5.73 Å². The van der Waals surface area contributed by atoms with Crippen molar-refractivity contribution in [3.05, 3.63) is 35.4 Å². The van der Waals surface area contributed by atoms with Gasteiger partial charge >= 0.3 is 0 Å². The van der Waals surface area contributed by atoms with Crippen molar-refractivity contribution in [3.8, 4) is 0 Å². The largest absolute Gasteiger partial charge is 0.330 e. The molecule has 0 bridgehead atoms. The molecular formula is C12H18FN. The molecule has 78 valence electrons. The molecular weight excluding hydrogens is 177 g/mol. The normalized spacial score (nSPS) is 13.2. The fourth-order valence-electron chi connectivity index (χ4n) is 1.55. The van der Waals surface area contributed by atoms with Crippen LogP contribution in [0.3, 0.4) is 0 Å². The van der Waals surface area contributed by atoms with Crippen LogP contribution in [-0.2, 0) is 6.42 Å². The molecule has 0 saturated carbocycles. The van der Waals surface area contributed by atoms with Gasteiger partial charge in [0.05, 0.1) is 0 Å². The van der Waals surface area contributed by atoms with Gasteiger partial charge in [-0.1, -0.05) is 38.1 Å². The summed E-state index contributed by atoms with van der Waals surface area (Å²) < 4.78 is 13.8. The minimum absolute atomic E-state index is 0.0222. The molecule has 1 aromatic carbocycles. The molecule has 0 aliphatic heterocycles. The van der Waals surface area contributed by atoms with Gasteiger partial charge in [-0.05, 0) is 30.0 Å². The Bertz CT molecular complexity index is 283. The maximum atomic E-state index is 13.8. The fourth-order valence-corrected chi connectivity index (χ4v) is 1.55. The maximum absolute atomic E-state index is 13.8. The van der Waals surface area contributed by atoms with E-state index in [-0.39, 0.29) is 5.92 Å². The van der Waals surface area contributed by atoms with Gasteiger partial charge in [0.2, 0.25) is 0 Å². The van der Waals surface area contributed by atoms with Crippen molar-refractivity contribution in [2.45, 2.75) is 26.4 Å². The minimum Gasteiger partial charge on any atom is -0.330 e. The Balaban J connectivity index is 2.94. The third-order valence-electron chi connectivity index (χ3n) is 2.35. The van der Waals surface area contributed by atoms with Gasteiger partial charge in [-0.15, -0.1) is 0 Å². The second-order valence-corrected chi connectivity index (χ2v) is 3.88. The lowest BCUT2D eigenvalue weighted by molar-refractivity contribution is 0.260. The molecule has 1 atom stereocenters. The first-order valence-corrected chi connectivity index (χ1v) is 5.08. The molecule has 0 heterocycles. The SMILES string of the molecule is CC(C)C(F)c1ccccc1CCN. The number of hydrogen-bond donors (Lipinski definition) is 1. The summed E-state index contributed by atoms with van der Waals surface area (Å²) in [6.45, 7) is 4.36. The molecule has 2 N–H and O–H groups in total. The first kappa shape index (κ1) is 11.2. The van der Waals surface area contributed by atoms with Gasteiger partial charge in [0.15, 0.2) is 0 Å². The Kier molecular flexibility index (Phi) is 4.08. The van der Waals surface area contributed by atoms with Gasteiger partial charge in [-0.3, -0.25) is 0 Å². The van der Waals surface area contributed by atoms with E-state index in [4.69, 9.17) is 5.73 Å². The number of benzene rings is 1. The monoisotopic (exact) mass is 195 g/mol. The van der Waals surface area contributed by atoms with Crippen LogP contribution in [0.1, 0.15) is 31.1 Å². The smallest absolute Gasteiger partial charge is 0.128 e. The highest BCUT2D eigenvalue weighted by Gasteiger charge is 2.16. The van der Waals surface area contributed by atoms with Crippen LogP contribution >= 0.6 is 0 Å². The summed E-state index contributed by atoms with van der Waals surface area (Å²) in [5.74, 6) is 0.0222. The van der Waals surface area contributed by atoms with Crippen LogP contribution in [0, 0.1) is 5.92 Å². The lowest BCUT2D eigenvalue weighted by Gasteiger charge is -2.16. The topological polar surface area (TPSA) is 26.0 Å². The van der Waals surface area contributed by atoms with Crippen LogP contribution < -0.4 is 5.73 Å². The van der Waals surface area contributed by atoms with E-state index in [0.29, 0.717) is 6.54 Å². The lowest BCUT2D eigenvalue weighted by atomic mass is 9.94. The van der Waals surface area contributed by atoms with Gasteiger partial charge in [0.25, 0.3) is 0 Å². The third kappa shape index (κ3) is 2.55. The number of rotatable bonds is 4. The summed E-state index contributed by atoms with van der Waals surface area (Å²) in [4.78, 5) is 0. The summed E-state index contributed by atoms with van der Waals surface area (Å²) in [5.41, 5.74) is 7.32. The number of nitrogens with two attached hydrogens (primary N) is 1. The third-order valence-corrected chi connectivity index (χ3v) is 2.35. The van der Waals surface area contributed by atoms with Crippen molar-refractivity contribution >= 4 is 0 Å². The Morgan fingerprint density at radius 1 is 1.29 bits per heavy atom. The van der Waals surface area contributed by atoms with E-state index in [0.717, 1.165) is 17.5 Å². The van der Waals surface area contributed by atoms with Crippen molar-refractivity contribution in [1.29, 1.82) is 0 Å². The average molecular weight is 195 g/mol. The standard InChI is InChI=1S/C12H18FN/c1-9(2)12(13)11-6-4-3-5-10(11)7-8-14/h3-6,9,12H,7-8,14H2,1-2H3. The fraction of sp³-hybridized carbons (Fsp3) is 0.500. The van der Waals surface area contributed by atoms with Crippen molar-refractivity contribution in [2.24, 2.45) is 11.7 Å². The van der Waals surface area contributed by atoms with Gasteiger partial charge in [0, 0.05) is 0 Å². The molecule has 0 saturated heterocycles. The highest BCUT2D eigenvalue weighted by Crippen LogP contribution is 2.28. The number of alkyl halides is 1. The molecule has 1 unspecified atom stereocenters. The van der Waals surface area contributed by atoms with Gasteiger partial charge in [0.1, 0.15) is 6.17 Å². The summed E-state index contributed by atoms with van der Waals surface area (Å²) in [5, 5.41) is 0. The molecule has 0 aliphatic rings. The molecule has 0 amide bonds. The van der Waals surface area contributed by atoms with E-state index in [2.05, 4.69) is 0 Å². The van der Waals surface area contributed by atoms with Crippen molar-refractivity contribution in [1.82, 2.24) is 0 Å². The van der Waals surface area contributed by atoms with Crippen molar-refractivity contribution in [2.75, 3.05) is 6.54 Å². The van der Waals surface area contributed by atoms with Crippen LogP contribution in [0.25, 0.3) is 0 Å². The molecule has 1 rings (SSSR count). The predicted octanol–water partition coefficient (Wildman–Crippen LogP) is 2.85. The highest BCUT2D eigenvalue weighted by atomic mass is 19.1. The average Bonchev–Trinajstić information content (AvgIpc) is 2.18. The molecule has 0 radical (unpaired) electrons. The first-order valence-electron chi connectivity index (χ1n) is 5.08. The minimum atomic E-state index is -0.877. The second kappa shape index (κ2) is 5.11. The predicted molar refractivity (Wildman–Crippen MR) is 57.9 cm³/mol. The Hall–Kier alpha value is -0.890. The molecule has 0 spiro atoms. The highest BCUT2D eigenvalue weighted by molar-refractivity contribution is 5.29. The molecule has 14 heavy (non-hydrogen) atoms. The summed E-state index contributed by atoms with van der Waals surface area (Å²) >= 11 is 0. The lowest BCUT2D eigenvalue weighted by Crippen LogP contribution is -2.08. The molecule has 0 aromatic heterocycles. The summed E-state index contributed by atoms with van der Waals surface area (Å²) in [7, 11) is 0. The Morgan fingerprint density at radius 2 is 1.93 bits per heavy atom. The van der Waals surface area contributed by atoms with Crippen LogP contribution in [0.4, 0.5) is 4.39 Å². The van der Waals surface area contributed by atoms with E-state index in [1.54, 1.807) is 0 Å². The zero-order valence-electron chi connectivity index (χ0n) is 8.83. The van der Waals surface area contributed by atoms with E-state index >= 15 is 0 Å². The Labute approximate surface area is 85.1 Å². The zero-order chi connectivity index (χ0) is 10.6. The van der Waals surface area contributed by atoms with Crippen molar-refractivity contribution in [3.63, 3.8) is 0 Å². The Morgan fingerprint density at radius 3 is 2.50 bits per heavy atom. The number of hydrogen-bond acceptors (Lipinski definition) is 1. The molecule has 1 aromatic rings. The summed E-state index contributed by atoms with van der Waals surface area (Å²) in [6.07, 6.45) is -0.124. The van der Waals surface area contributed by atoms with E-state index in [9.17, 15) is 4.39 Å². The van der Waals surface area contributed by atoms with Gasteiger partial charge in [-0.25, -0.2) is 4.39 Å². The summed E-state index contributed by atoms with van der Waals surface area (Å²) in [6, 6.07) is 7.62. The molecule has 1 nitrogen and oxygen atoms in total. The van der Waals surface area contributed by atoms with E-state index in [1.165, 1.54) is 0 Å². The van der Waals surface area contributed by atoms with E-state index in [1.807, 2.05) is 38.1 Å². The second-order valence-electron chi connectivity index (χ2n) is 3.88. The van der Waals surface area contributed by atoms with Crippen LogP contribution in [0.15, 0.2) is 24.3 Å².